The summed E-state index contributed by atoms with van der Waals surface area (Å²) in [7, 11) is 0. The lowest BCUT2D eigenvalue weighted by molar-refractivity contribution is -0.134. The number of carbonyl (C=O) groups excluding carboxylic acids is 2. The summed E-state index contributed by atoms with van der Waals surface area (Å²) >= 11 is 0. The summed E-state index contributed by atoms with van der Waals surface area (Å²) in [6.07, 6.45) is 4.55. The second kappa shape index (κ2) is 10.9. The Morgan fingerprint density at radius 3 is 1.95 bits per heavy atom. The van der Waals surface area contributed by atoms with E-state index in [-0.39, 0.29) is 23.3 Å². The standard InChI is InChI=1S/C32H36N2O3/c35-29-16-20-31(33-29,24-25-10-4-1-5-11-25)21-17-30(36)34-22-18-28(19-23-34)32(37,26-12-6-2-7-13-26)27-14-8-3-9-15-27/h1-15,28,37H,16-24H2,(H,33,35)/t31-/m0/s1. The van der Waals surface area contributed by atoms with E-state index in [0.29, 0.717) is 32.4 Å². The lowest BCUT2D eigenvalue weighted by Crippen LogP contribution is -2.47. The molecule has 3 aromatic carbocycles. The van der Waals surface area contributed by atoms with Crippen LogP contribution in [0.5, 0.6) is 0 Å². The fourth-order valence-electron chi connectivity index (χ4n) is 6.24. The number of piperidine rings is 1. The molecule has 0 bridgehead atoms. The minimum atomic E-state index is -1.09. The van der Waals surface area contributed by atoms with Crippen LogP contribution >= 0.6 is 0 Å². The van der Waals surface area contributed by atoms with Gasteiger partial charge in [-0.1, -0.05) is 91.0 Å². The number of benzene rings is 3. The van der Waals surface area contributed by atoms with Crippen LogP contribution in [0.2, 0.25) is 0 Å². The molecule has 2 heterocycles. The highest BCUT2D eigenvalue weighted by Crippen LogP contribution is 2.42. The molecule has 0 aliphatic carbocycles. The van der Waals surface area contributed by atoms with Gasteiger partial charge in [0.15, 0.2) is 0 Å². The summed E-state index contributed by atoms with van der Waals surface area (Å²) in [5.41, 5.74) is 1.52. The summed E-state index contributed by atoms with van der Waals surface area (Å²) < 4.78 is 0. The van der Waals surface area contributed by atoms with Crippen LogP contribution in [0.25, 0.3) is 0 Å². The van der Waals surface area contributed by atoms with Crippen molar-refractivity contribution in [2.75, 3.05) is 13.1 Å². The number of carbonyl (C=O) groups is 2. The van der Waals surface area contributed by atoms with E-state index in [4.69, 9.17) is 0 Å². The quantitative estimate of drug-likeness (QED) is 0.469. The minimum Gasteiger partial charge on any atom is -0.380 e. The number of hydrogen-bond donors (Lipinski definition) is 2. The normalized spacial score (nSPS) is 20.6. The van der Waals surface area contributed by atoms with Crippen LogP contribution < -0.4 is 5.32 Å². The first-order chi connectivity index (χ1) is 18.0. The summed E-state index contributed by atoms with van der Waals surface area (Å²) in [5, 5.41) is 15.3. The van der Waals surface area contributed by atoms with Crippen molar-refractivity contribution in [3.05, 3.63) is 108 Å². The minimum absolute atomic E-state index is 0.0138. The molecule has 3 aromatic rings. The number of nitrogens with zero attached hydrogens (tertiary/aromatic N) is 1. The third-order valence-electron chi connectivity index (χ3n) is 8.30. The maximum atomic E-state index is 13.3. The van der Waals surface area contributed by atoms with E-state index in [1.165, 1.54) is 5.56 Å². The van der Waals surface area contributed by atoms with Gasteiger partial charge in [0.2, 0.25) is 11.8 Å². The van der Waals surface area contributed by atoms with Gasteiger partial charge in [-0.25, -0.2) is 0 Å². The molecule has 2 aliphatic heterocycles. The summed E-state index contributed by atoms with van der Waals surface area (Å²) in [6, 6.07) is 30.0. The van der Waals surface area contributed by atoms with Gasteiger partial charge in [0.05, 0.1) is 0 Å². The van der Waals surface area contributed by atoms with Crippen molar-refractivity contribution in [2.45, 2.75) is 56.1 Å². The van der Waals surface area contributed by atoms with Crippen LogP contribution in [0.1, 0.15) is 55.2 Å². The van der Waals surface area contributed by atoms with E-state index in [1.807, 2.05) is 83.8 Å². The Labute approximate surface area is 219 Å². The van der Waals surface area contributed by atoms with Gasteiger partial charge in [-0.3, -0.25) is 9.59 Å². The molecule has 192 valence electrons. The molecule has 2 fully saturated rings. The molecule has 5 rings (SSSR count). The topological polar surface area (TPSA) is 69.6 Å². The maximum Gasteiger partial charge on any atom is 0.222 e. The van der Waals surface area contributed by atoms with Crippen molar-refractivity contribution in [1.29, 1.82) is 0 Å². The molecular formula is C32H36N2O3. The van der Waals surface area contributed by atoms with Crippen LogP contribution in [0, 0.1) is 5.92 Å². The molecule has 37 heavy (non-hydrogen) atoms. The Balaban J connectivity index is 1.24. The second-order valence-corrected chi connectivity index (χ2v) is 10.6. The van der Waals surface area contributed by atoms with Crippen molar-refractivity contribution in [2.24, 2.45) is 5.92 Å². The van der Waals surface area contributed by atoms with Crippen molar-refractivity contribution in [3.63, 3.8) is 0 Å². The molecule has 2 aliphatic rings. The third kappa shape index (κ3) is 5.47. The zero-order chi connectivity index (χ0) is 25.7. The van der Waals surface area contributed by atoms with Crippen molar-refractivity contribution < 1.29 is 14.7 Å². The number of rotatable bonds is 8. The van der Waals surface area contributed by atoms with E-state index in [9.17, 15) is 14.7 Å². The maximum absolute atomic E-state index is 13.3. The molecule has 0 spiro atoms. The average Bonchev–Trinajstić information content (AvgIpc) is 3.33. The van der Waals surface area contributed by atoms with Gasteiger partial charge < -0.3 is 15.3 Å². The van der Waals surface area contributed by atoms with Gasteiger partial charge in [-0.2, -0.15) is 0 Å². The largest absolute Gasteiger partial charge is 0.380 e. The Hall–Kier alpha value is -3.44. The van der Waals surface area contributed by atoms with E-state index in [0.717, 1.165) is 36.8 Å². The molecule has 0 radical (unpaired) electrons. The zero-order valence-electron chi connectivity index (χ0n) is 21.3. The van der Waals surface area contributed by atoms with E-state index < -0.39 is 5.60 Å². The van der Waals surface area contributed by atoms with Crippen LogP contribution in [-0.2, 0) is 21.6 Å². The van der Waals surface area contributed by atoms with E-state index in [2.05, 4.69) is 17.4 Å². The number of hydrogen-bond acceptors (Lipinski definition) is 3. The Morgan fingerprint density at radius 1 is 0.892 bits per heavy atom. The number of amides is 2. The van der Waals surface area contributed by atoms with Crippen LogP contribution in [0.4, 0.5) is 0 Å². The van der Waals surface area contributed by atoms with Crippen LogP contribution in [0.3, 0.4) is 0 Å². The van der Waals surface area contributed by atoms with E-state index in [1.54, 1.807) is 0 Å². The predicted octanol–water partition coefficient (Wildman–Crippen LogP) is 4.83. The lowest BCUT2D eigenvalue weighted by atomic mass is 9.72. The van der Waals surface area contributed by atoms with Gasteiger partial charge in [0, 0.05) is 31.5 Å². The number of aliphatic hydroxyl groups is 1. The molecule has 2 saturated heterocycles. The summed E-state index contributed by atoms with van der Waals surface area (Å²) in [5.74, 6) is 0.222. The van der Waals surface area contributed by atoms with Crippen molar-refractivity contribution >= 4 is 11.8 Å². The summed E-state index contributed by atoms with van der Waals surface area (Å²) in [6.45, 7) is 1.26. The van der Waals surface area contributed by atoms with Crippen LogP contribution in [-0.4, -0.2) is 40.4 Å². The Morgan fingerprint density at radius 2 is 1.43 bits per heavy atom. The molecule has 0 aromatic heterocycles. The second-order valence-electron chi connectivity index (χ2n) is 10.6. The smallest absolute Gasteiger partial charge is 0.222 e. The van der Waals surface area contributed by atoms with Gasteiger partial charge in [-0.15, -0.1) is 0 Å². The van der Waals surface area contributed by atoms with Crippen molar-refractivity contribution in [3.8, 4) is 0 Å². The third-order valence-corrected chi connectivity index (χ3v) is 8.30. The van der Waals surface area contributed by atoms with Crippen molar-refractivity contribution in [1.82, 2.24) is 10.2 Å². The monoisotopic (exact) mass is 496 g/mol. The Bertz CT molecular complexity index is 1150. The molecule has 1 atom stereocenters. The molecular weight excluding hydrogens is 460 g/mol. The first kappa shape index (κ1) is 25.2. The molecule has 0 saturated carbocycles. The fraction of sp³-hybridized carbons (Fsp3) is 0.375. The number of nitrogens with one attached hydrogen (secondary N) is 1. The average molecular weight is 497 g/mol. The highest BCUT2D eigenvalue weighted by atomic mass is 16.3. The molecule has 0 unspecified atom stereocenters. The SMILES string of the molecule is O=C1CC[C@](CCC(=O)N2CCC(C(O)(c3ccccc3)c3ccccc3)CC2)(Cc2ccccc2)N1. The Kier molecular flexibility index (Phi) is 7.43. The number of likely N-dealkylation sites (tertiary alicyclic amines) is 1. The predicted molar refractivity (Wildman–Crippen MR) is 145 cm³/mol. The van der Waals surface area contributed by atoms with Gasteiger partial charge in [0.1, 0.15) is 5.60 Å². The molecule has 5 nitrogen and oxygen atoms in total. The first-order valence-electron chi connectivity index (χ1n) is 13.4. The molecule has 2 N–H and O–H groups in total. The fourth-order valence-corrected chi connectivity index (χ4v) is 6.24. The van der Waals surface area contributed by atoms with Gasteiger partial charge in [0.25, 0.3) is 0 Å². The highest BCUT2D eigenvalue weighted by molar-refractivity contribution is 5.80. The lowest BCUT2D eigenvalue weighted by Gasteiger charge is -2.42. The summed E-state index contributed by atoms with van der Waals surface area (Å²) in [4.78, 5) is 27.4. The molecule has 2 amide bonds. The zero-order valence-corrected chi connectivity index (χ0v) is 21.3. The van der Waals surface area contributed by atoms with Gasteiger partial charge in [-0.05, 0) is 54.7 Å². The van der Waals surface area contributed by atoms with Crippen LogP contribution in [0.15, 0.2) is 91.0 Å². The first-order valence-corrected chi connectivity index (χ1v) is 13.4. The van der Waals surface area contributed by atoms with E-state index >= 15 is 0 Å². The molecule has 5 heteroatoms. The highest BCUT2D eigenvalue weighted by Gasteiger charge is 2.43. The van der Waals surface area contributed by atoms with Gasteiger partial charge >= 0.3 is 0 Å².